The summed E-state index contributed by atoms with van der Waals surface area (Å²) in [7, 11) is 0. The molecule has 2 aromatic heterocycles. The summed E-state index contributed by atoms with van der Waals surface area (Å²) in [6.07, 6.45) is 1.70. The number of nitrogens with zero attached hydrogens (tertiary/aromatic N) is 3. The van der Waals surface area contributed by atoms with E-state index in [1.54, 1.807) is 17.4 Å². The maximum absolute atomic E-state index is 9.20. The molecule has 184 valence electrons. The smallest absolute Gasteiger partial charge is 0.263 e. The van der Waals surface area contributed by atoms with Crippen LogP contribution in [0.5, 0.6) is 0 Å². The first-order valence-electron chi connectivity index (χ1n) is 12.4. The van der Waals surface area contributed by atoms with E-state index in [-0.39, 0.29) is 11.1 Å². The van der Waals surface area contributed by atoms with Crippen LogP contribution in [0.1, 0.15) is 41.0 Å². The summed E-state index contributed by atoms with van der Waals surface area (Å²) in [6.45, 7) is 16.1. The molecule has 0 N–H and O–H groups in total. The van der Waals surface area contributed by atoms with Crippen molar-refractivity contribution in [2.75, 3.05) is 4.90 Å². The fraction of sp³-hybridized carbons (Fsp3) is 0.152. The number of anilines is 3. The molecule has 0 amide bonds. The Labute approximate surface area is 231 Å². The van der Waals surface area contributed by atoms with Crippen LogP contribution in [0.25, 0.3) is 30.8 Å². The highest BCUT2D eigenvalue weighted by Gasteiger charge is 2.40. The van der Waals surface area contributed by atoms with Gasteiger partial charge in [-0.25, -0.2) is 10.1 Å². The van der Waals surface area contributed by atoms with Gasteiger partial charge in [0.1, 0.15) is 0 Å². The molecule has 0 fully saturated rings. The zero-order chi connectivity index (χ0) is 26.6. The Morgan fingerprint density at radius 3 is 2.08 bits per heavy atom. The third-order valence-electron chi connectivity index (χ3n) is 7.29. The molecule has 6 rings (SSSR count). The molecule has 1 aliphatic carbocycles. The second kappa shape index (κ2) is 8.99. The molecule has 0 unspecified atom stereocenters. The molecule has 5 aromatic rings. The van der Waals surface area contributed by atoms with E-state index >= 15 is 0 Å². The summed E-state index contributed by atoms with van der Waals surface area (Å²) in [5.74, 6) is 0. The summed E-state index contributed by atoms with van der Waals surface area (Å²) in [4.78, 5) is 7.95. The largest absolute Gasteiger partial charge is 0.310 e. The number of hydrogen-bond acceptors (Lipinski definition) is 4. The van der Waals surface area contributed by atoms with Crippen molar-refractivity contribution in [1.29, 1.82) is 5.26 Å². The van der Waals surface area contributed by atoms with Crippen molar-refractivity contribution >= 4 is 55.2 Å². The number of aryl methyl sites for hydroxylation is 2. The van der Waals surface area contributed by atoms with E-state index in [9.17, 15) is 5.26 Å². The van der Waals surface area contributed by atoms with Crippen molar-refractivity contribution in [2.45, 2.75) is 33.1 Å². The van der Waals surface area contributed by atoms with Gasteiger partial charge in [-0.05, 0) is 79.1 Å². The SMILES string of the molecule is [C-]#[N+]/C(C#N)=C\c1cc2sc3c(c2s1)C(C)(C)c1cc(N(c2ccc(C)cc2)c2ccc(C)cc2)ccc1-3. The van der Waals surface area contributed by atoms with Gasteiger partial charge in [0.2, 0.25) is 0 Å². The van der Waals surface area contributed by atoms with Crippen molar-refractivity contribution < 1.29 is 0 Å². The minimum absolute atomic E-state index is 0.120. The highest BCUT2D eigenvalue weighted by Crippen LogP contribution is 2.58. The number of thiophene rings is 2. The number of nitriles is 1. The van der Waals surface area contributed by atoms with Gasteiger partial charge in [-0.15, -0.1) is 22.7 Å². The summed E-state index contributed by atoms with van der Waals surface area (Å²) >= 11 is 3.49. The molecule has 0 saturated carbocycles. The second-order valence-electron chi connectivity index (χ2n) is 10.3. The van der Waals surface area contributed by atoms with Gasteiger partial charge in [-0.1, -0.05) is 55.3 Å². The summed E-state index contributed by atoms with van der Waals surface area (Å²) < 4.78 is 2.48. The Balaban J connectivity index is 1.48. The van der Waals surface area contributed by atoms with Crippen LogP contribution in [-0.2, 0) is 5.41 Å². The number of allylic oxidation sites excluding steroid dienone is 1. The second-order valence-corrected chi connectivity index (χ2v) is 12.4. The van der Waals surface area contributed by atoms with Gasteiger partial charge < -0.3 is 4.90 Å². The molecule has 0 saturated heterocycles. The third-order valence-corrected chi connectivity index (χ3v) is 9.68. The van der Waals surface area contributed by atoms with Crippen LogP contribution in [0.3, 0.4) is 0 Å². The fourth-order valence-electron chi connectivity index (χ4n) is 5.32. The van der Waals surface area contributed by atoms with Crippen LogP contribution in [0, 0.1) is 31.8 Å². The topological polar surface area (TPSA) is 31.4 Å². The van der Waals surface area contributed by atoms with Gasteiger partial charge in [-0.3, -0.25) is 0 Å². The molecule has 0 atom stereocenters. The number of rotatable bonds is 4. The first kappa shape index (κ1) is 24.2. The standard InChI is InChI=1S/C33H25N3S2/c1-20-6-10-23(11-7-20)36(24-12-8-21(2)9-13-24)25-14-15-27-28(17-25)33(3,4)30-31(27)38-29-18-26(37-32(29)30)16-22(19-34)35-5/h6-18H,1-4H3/b22-16-. The van der Waals surface area contributed by atoms with Crippen LogP contribution in [0.4, 0.5) is 17.1 Å². The van der Waals surface area contributed by atoms with Crippen LogP contribution in [-0.4, -0.2) is 0 Å². The Kier molecular flexibility index (Phi) is 5.73. The lowest BCUT2D eigenvalue weighted by Gasteiger charge is -2.28. The predicted octanol–water partition coefficient (Wildman–Crippen LogP) is 10.1. The minimum Gasteiger partial charge on any atom is -0.310 e. The molecule has 1 aliphatic rings. The maximum atomic E-state index is 9.20. The molecule has 3 aromatic carbocycles. The Morgan fingerprint density at radius 1 is 0.895 bits per heavy atom. The predicted molar refractivity (Wildman–Crippen MR) is 162 cm³/mol. The maximum Gasteiger partial charge on any atom is 0.263 e. The van der Waals surface area contributed by atoms with Crippen molar-refractivity contribution in [2.24, 2.45) is 0 Å². The lowest BCUT2D eigenvalue weighted by atomic mass is 9.82. The van der Waals surface area contributed by atoms with Crippen LogP contribution < -0.4 is 4.90 Å². The summed E-state index contributed by atoms with van der Waals surface area (Å²) in [5, 5.41) is 9.20. The first-order chi connectivity index (χ1) is 18.3. The number of benzene rings is 3. The highest BCUT2D eigenvalue weighted by molar-refractivity contribution is 7.30. The normalized spacial score (nSPS) is 13.6. The molecule has 2 heterocycles. The van der Waals surface area contributed by atoms with Gasteiger partial charge in [0, 0.05) is 36.9 Å². The van der Waals surface area contributed by atoms with E-state index in [0.717, 1.165) is 21.9 Å². The van der Waals surface area contributed by atoms with E-state index in [1.165, 1.54) is 42.1 Å². The average Bonchev–Trinajstić information content (AvgIpc) is 3.52. The highest BCUT2D eigenvalue weighted by atomic mass is 32.1. The van der Waals surface area contributed by atoms with E-state index in [0.29, 0.717) is 0 Å². The molecule has 0 radical (unpaired) electrons. The van der Waals surface area contributed by atoms with Gasteiger partial charge >= 0.3 is 0 Å². The Hall–Kier alpha value is -4.16. The molecular weight excluding hydrogens is 503 g/mol. The Morgan fingerprint density at radius 2 is 1.50 bits per heavy atom. The van der Waals surface area contributed by atoms with Crippen LogP contribution in [0.15, 0.2) is 78.5 Å². The number of hydrogen-bond donors (Lipinski definition) is 0. The van der Waals surface area contributed by atoms with Crippen LogP contribution >= 0.6 is 22.7 Å². The number of fused-ring (bicyclic) bond motifs is 5. The average molecular weight is 528 g/mol. The summed E-state index contributed by atoms with van der Waals surface area (Å²) in [5.41, 5.74) is 9.82. The quantitative estimate of drug-likeness (QED) is 0.172. The molecular formula is C33H25N3S2. The fourth-order valence-corrected chi connectivity index (χ4v) is 8.25. The molecule has 0 aliphatic heterocycles. The minimum atomic E-state index is -0.172. The van der Waals surface area contributed by atoms with E-state index in [1.807, 2.05) is 17.4 Å². The van der Waals surface area contributed by atoms with Gasteiger partial charge in [0.25, 0.3) is 5.70 Å². The van der Waals surface area contributed by atoms with E-state index in [4.69, 9.17) is 6.57 Å². The molecule has 3 nitrogen and oxygen atoms in total. The lowest BCUT2D eigenvalue weighted by Crippen LogP contribution is -2.16. The third kappa shape index (κ3) is 3.84. The van der Waals surface area contributed by atoms with Gasteiger partial charge in [-0.2, -0.15) is 0 Å². The lowest BCUT2D eigenvalue weighted by molar-refractivity contribution is 0.668. The monoisotopic (exact) mass is 527 g/mol. The van der Waals surface area contributed by atoms with Crippen LogP contribution in [0.2, 0.25) is 0 Å². The van der Waals surface area contributed by atoms with Gasteiger partial charge in [0.05, 0.1) is 17.3 Å². The van der Waals surface area contributed by atoms with Crippen molar-refractivity contribution in [3.05, 3.63) is 117 Å². The van der Waals surface area contributed by atoms with E-state index in [2.05, 4.69) is 110 Å². The molecule has 5 heteroatoms. The zero-order valence-corrected chi connectivity index (χ0v) is 23.3. The van der Waals surface area contributed by atoms with Crippen molar-refractivity contribution in [3.8, 4) is 16.5 Å². The van der Waals surface area contributed by atoms with Gasteiger partial charge in [0.15, 0.2) is 0 Å². The Bertz CT molecular complexity index is 1760. The summed E-state index contributed by atoms with van der Waals surface area (Å²) in [6, 6.07) is 28.4. The first-order valence-corrected chi connectivity index (χ1v) is 14.1. The molecule has 0 bridgehead atoms. The van der Waals surface area contributed by atoms with Crippen molar-refractivity contribution in [3.63, 3.8) is 0 Å². The van der Waals surface area contributed by atoms with E-state index < -0.39 is 0 Å². The zero-order valence-electron chi connectivity index (χ0n) is 21.7. The molecule has 0 spiro atoms. The van der Waals surface area contributed by atoms with Crippen molar-refractivity contribution in [1.82, 2.24) is 0 Å². The molecule has 38 heavy (non-hydrogen) atoms.